The molecule has 1 unspecified atom stereocenters. The third-order valence-electron chi connectivity index (χ3n) is 7.01. The van der Waals surface area contributed by atoms with Crippen LogP contribution < -0.4 is 10.1 Å². The summed E-state index contributed by atoms with van der Waals surface area (Å²) in [5.41, 5.74) is 3.85. The predicted molar refractivity (Wildman–Crippen MR) is 136 cm³/mol. The molecular weight excluding hydrogens is 488 g/mol. The Morgan fingerprint density at radius 2 is 2.03 bits per heavy atom. The first-order chi connectivity index (χ1) is 18.5. The van der Waals surface area contributed by atoms with Gasteiger partial charge in [0, 0.05) is 48.3 Å². The molecule has 11 heteroatoms. The first kappa shape index (κ1) is 23.9. The monoisotopic (exact) mass is 514 g/mol. The summed E-state index contributed by atoms with van der Waals surface area (Å²) in [5.74, 6) is -0.435. The summed E-state index contributed by atoms with van der Waals surface area (Å²) in [7, 11) is 1.69. The molecule has 2 aliphatic heterocycles. The normalized spacial score (nSPS) is 17.2. The number of hydrogen-bond acceptors (Lipinski definition) is 7. The van der Waals surface area contributed by atoms with E-state index in [9.17, 15) is 14.4 Å². The molecule has 2 aliphatic rings. The van der Waals surface area contributed by atoms with Crippen LogP contribution in [0.5, 0.6) is 5.75 Å². The van der Waals surface area contributed by atoms with Gasteiger partial charge in [0.1, 0.15) is 24.1 Å². The van der Waals surface area contributed by atoms with Crippen molar-refractivity contribution in [1.82, 2.24) is 29.8 Å². The largest absolute Gasteiger partial charge is 0.487 e. The van der Waals surface area contributed by atoms with E-state index in [1.165, 1.54) is 4.90 Å². The van der Waals surface area contributed by atoms with Gasteiger partial charge in [0.15, 0.2) is 0 Å². The highest BCUT2D eigenvalue weighted by atomic mass is 16.5. The van der Waals surface area contributed by atoms with Crippen LogP contribution in [-0.2, 0) is 34.0 Å². The van der Waals surface area contributed by atoms with Gasteiger partial charge in [-0.15, -0.1) is 5.10 Å². The lowest BCUT2D eigenvalue weighted by Gasteiger charge is -2.29. The van der Waals surface area contributed by atoms with Crippen LogP contribution in [0.2, 0.25) is 0 Å². The summed E-state index contributed by atoms with van der Waals surface area (Å²) < 4.78 is 15.1. The van der Waals surface area contributed by atoms with Crippen molar-refractivity contribution >= 4 is 28.6 Å². The van der Waals surface area contributed by atoms with Crippen molar-refractivity contribution in [2.45, 2.75) is 38.6 Å². The lowest BCUT2D eigenvalue weighted by molar-refractivity contribution is -0.136. The molecule has 0 saturated carbocycles. The lowest BCUT2D eigenvalue weighted by atomic mass is 10.0. The third kappa shape index (κ3) is 4.30. The Hall–Kier alpha value is -4.51. The van der Waals surface area contributed by atoms with E-state index in [2.05, 4.69) is 38.4 Å². The molecule has 1 fully saturated rings. The Morgan fingerprint density at radius 3 is 2.87 bits per heavy atom. The number of amides is 3. The van der Waals surface area contributed by atoms with E-state index < -0.39 is 11.9 Å². The average Bonchev–Trinajstić information content (AvgIpc) is 3.64. The number of benzene rings is 2. The molecule has 194 valence electrons. The Balaban J connectivity index is 1.15. The molecule has 0 radical (unpaired) electrons. The zero-order valence-electron chi connectivity index (χ0n) is 20.8. The molecule has 11 nitrogen and oxygen atoms in total. The Bertz CT molecular complexity index is 1560. The number of imide groups is 1. The minimum atomic E-state index is -0.672. The molecule has 2 aromatic carbocycles. The van der Waals surface area contributed by atoms with Gasteiger partial charge in [-0.25, -0.2) is 4.68 Å². The van der Waals surface area contributed by atoms with E-state index in [0.717, 1.165) is 28.7 Å². The summed E-state index contributed by atoms with van der Waals surface area (Å²) in [6.45, 7) is 1.84. The minimum Gasteiger partial charge on any atom is -0.487 e. The number of ether oxygens (including phenoxy) is 2. The van der Waals surface area contributed by atoms with Crippen LogP contribution in [0.1, 0.15) is 34.5 Å². The maximum absolute atomic E-state index is 13.0. The number of piperidine rings is 1. The van der Waals surface area contributed by atoms with Gasteiger partial charge in [-0.2, -0.15) is 0 Å². The van der Waals surface area contributed by atoms with Crippen LogP contribution in [-0.4, -0.2) is 61.9 Å². The average molecular weight is 515 g/mol. The molecule has 38 heavy (non-hydrogen) atoms. The SMILES string of the molecule is COCCn1ccc2cc(-n3cc(COc4cccc5c4CN(C4CCC(=O)NC4=O)C5=O)nn3)ccc21. The van der Waals surface area contributed by atoms with Crippen molar-refractivity contribution < 1.29 is 23.9 Å². The number of nitrogens with one attached hydrogen (secondary N) is 1. The van der Waals surface area contributed by atoms with Gasteiger partial charge >= 0.3 is 0 Å². The quantitative estimate of drug-likeness (QED) is 0.358. The van der Waals surface area contributed by atoms with E-state index in [1.807, 2.05) is 18.5 Å². The summed E-state index contributed by atoms with van der Waals surface area (Å²) >= 11 is 0. The van der Waals surface area contributed by atoms with Crippen molar-refractivity contribution in [3.8, 4) is 11.4 Å². The number of carbonyl (C=O) groups excluding carboxylic acids is 3. The maximum atomic E-state index is 13.0. The van der Waals surface area contributed by atoms with Crippen LogP contribution >= 0.6 is 0 Å². The fraction of sp³-hybridized carbons (Fsp3) is 0.296. The van der Waals surface area contributed by atoms with Crippen LogP contribution in [0.25, 0.3) is 16.6 Å². The summed E-state index contributed by atoms with van der Waals surface area (Å²) in [6.07, 6.45) is 4.38. The number of methoxy groups -OCH3 is 1. The van der Waals surface area contributed by atoms with Crippen LogP contribution in [0.3, 0.4) is 0 Å². The lowest BCUT2D eigenvalue weighted by Crippen LogP contribution is -2.52. The smallest absolute Gasteiger partial charge is 0.255 e. The van der Waals surface area contributed by atoms with Gasteiger partial charge in [0.2, 0.25) is 11.8 Å². The number of fused-ring (bicyclic) bond motifs is 2. The highest BCUT2D eigenvalue weighted by molar-refractivity contribution is 6.05. The van der Waals surface area contributed by atoms with Gasteiger partial charge in [-0.3, -0.25) is 19.7 Å². The number of aromatic nitrogens is 4. The first-order valence-corrected chi connectivity index (χ1v) is 12.4. The second-order valence-corrected chi connectivity index (χ2v) is 9.37. The second-order valence-electron chi connectivity index (χ2n) is 9.37. The molecular formula is C27H26N6O5. The van der Waals surface area contributed by atoms with Gasteiger partial charge in [-0.05, 0) is 42.8 Å². The molecule has 4 heterocycles. The van der Waals surface area contributed by atoms with Crippen LogP contribution in [0, 0.1) is 0 Å². The summed E-state index contributed by atoms with van der Waals surface area (Å²) in [5, 5.41) is 11.9. The first-order valence-electron chi connectivity index (χ1n) is 12.4. The molecule has 0 spiro atoms. The van der Waals surface area contributed by atoms with Crippen molar-refractivity contribution in [1.29, 1.82) is 0 Å². The number of carbonyl (C=O) groups is 3. The number of rotatable bonds is 8. The van der Waals surface area contributed by atoms with Crippen molar-refractivity contribution in [2.75, 3.05) is 13.7 Å². The van der Waals surface area contributed by atoms with Gasteiger partial charge < -0.3 is 18.9 Å². The van der Waals surface area contributed by atoms with E-state index in [4.69, 9.17) is 9.47 Å². The van der Waals surface area contributed by atoms with Crippen molar-refractivity contribution in [2.24, 2.45) is 0 Å². The van der Waals surface area contributed by atoms with E-state index >= 15 is 0 Å². The molecule has 6 rings (SSSR count). The molecule has 3 amide bonds. The van der Waals surface area contributed by atoms with E-state index in [-0.39, 0.29) is 31.4 Å². The zero-order valence-corrected chi connectivity index (χ0v) is 20.8. The highest BCUT2D eigenvalue weighted by Crippen LogP contribution is 2.34. The predicted octanol–water partition coefficient (Wildman–Crippen LogP) is 2.21. The second kappa shape index (κ2) is 9.75. The van der Waals surface area contributed by atoms with Gasteiger partial charge in [-0.1, -0.05) is 11.3 Å². The molecule has 0 aliphatic carbocycles. The topological polar surface area (TPSA) is 121 Å². The van der Waals surface area contributed by atoms with Crippen molar-refractivity contribution in [3.63, 3.8) is 0 Å². The molecule has 1 N–H and O–H groups in total. The molecule has 4 aromatic rings. The standard InChI is InChI=1S/C27H26N6O5/c1-37-12-11-31-10-9-17-13-19(5-6-22(17)31)33-14-18(29-30-33)16-38-24-4-2-3-20-21(24)15-32(27(20)36)23-7-8-25(34)28-26(23)35/h2-6,9-10,13-14,23H,7-8,11-12,15-16H2,1H3,(H,28,34,35). The Morgan fingerprint density at radius 1 is 1.13 bits per heavy atom. The fourth-order valence-electron chi connectivity index (χ4n) is 5.05. The number of nitrogens with zero attached hydrogens (tertiary/aromatic N) is 5. The Labute approximate surface area is 217 Å². The summed E-state index contributed by atoms with van der Waals surface area (Å²) in [4.78, 5) is 38.4. The molecule has 1 saturated heterocycles. The summed E-state index contributed by atoms with van der Waals surface area (Å²) in [6, 6.07) is 12.8. The minimum absolute atomic E-state index is 0.165. The fourth-order valence-corrected chi connectivity index (χ4v) is 5.05. The third-order valence-corrected chi connectivity index (χ3v) is 7.01. The highest BCUT2D eigenvalue weighted by Gasteiger charge is 2.40. The van der Waals surface area contributed by atoms with Crippen molar-refractivity contribution in [3.05, 3.63) is 71.7 Å². The Kier molecular flexibility index (Phi) is 6.12. The van der Waals surface area contributed by atoms with E-state index in [0.29, 0.717) is 30.0 Å². The zero-order chi connectivity index (χ0) is 26.2. The number of hydrogen-bond donors (Lipinski definition) is 1. The maximum Gasteiger partial charge on any atom is 0.255 e. The molecule has 1 atom stereocenters. The van der Waals surface area contributed by atoms with E-state index in [1.54, 1.807) is 30.0 Å². The van der Waals surface area contributed by atoms with Crippen LogP contribution in [0.4, 0.5) is 0 Å². The van der Waals surface area contributed by atoms with Gasteiger partial charge in [0.25, 0.3) is 5.91 Å². The molecule has 0 bridgehead atoms. The van der Waals surface area contributed by atoms with Gasteiger partial charge in [0.05, 0.1) is 25.0 Å². The molecule has 2 aromatic heterocycles. The van der Waals surface area contributed by atoms with Crippen LogP contribution in [0.15, 0.2) is 54.9 Å².